The monoisotopic (exact) mass is 510 g/mol. The number of pyridine rings is 1. The molecule has 4 aromatic rings. The lowest BCUT2D eigenvalue weighted by molar-refractivity contribution is 0.571. The fourth-order valence-corrected chi connectivity index (χ4v) is 5.84. The number of oxazole rings is 1. The van der Waals surface area contributed by atoms with Crippen molar-refractivity contribution in [3.63, 3.8) is 0 Å². The summed E-state index contributed by atoms with van der Waals surface area (Å²) in [6.45, 7) is 5.71. The minimum atomic E-state index is 0.317. The van der Waals surface area contributed by atoms with E-state index in [1.807, 2.05) is 48.2 Å². The maximum absolute atomic E-state index is 9.46. The third-order valence-electron chi connectivity index (χ3n) is 6.76. The van der Waals surface area contributed by atoms with Gasteiger partial charge in [0.15, 0.2) is 12.2 Å². The molecule has 1 aromatic carbocycles. The number of nitrogens with zero attached hydrogens (tertiary/aromatic N) is 7. The topological polar surface area (TPSA) is 107 Å². The first-order valence-corrected chi connectivity index (χ1v) is 13.3. The van der Waals surface area contributed by atoms with Crippen LogP contribution in [0.1, 0.15) is 34.7 Å². The Labute approximate surface area is 219 Å². The van der Waals surface area contributed by atoms with Crippen molar-refractivity contribution in [1.82, 2.24) is 19.9 Å². The third kappa shape index (κ3) is 4.58. The molecule has 37 heavy (non-hydrogen) atoms. The van der Waals surface area contributed by atoms with Crippen LogP contribution in [-0.2, 0) is 12.3 Å². The van der Waals surface area contributed by atoms with Crippen LogP contribution in [-0.4, -0.2) is 46.1 Å². The van der Waals surface area contributed by atoms with Crippen molar-refractivity contribution in [1.29, 1.82) is 5.26 Å². The van der Waals surface area contributed by atoms with Crippen LogP contribution in [0, 0.1) is 11.3 Å². The summed E-state index contributed by atoms with van der Waals surface area (Å²) in [5.41, 5.74) is 4.71. The number of piperazine rings is 1. The molecule has 1 fully saturated rings. The number of hydrogen-bond acceptors (Lipinski definition) is 10. The zero-order chi connectivity index (χ0) is 25.2. The van der Waals surface area contributed by atoms with Gasteiger partial charge in [0.1, 0.15) is 23.4 Å². The Kier molecular flexibility index (Phi) is 6.37. The Morgan fingerprint density at radius 2 is 1.86 bits per heavy atom. The molecule has 0 spiro atoms. The van der Waals surface area contributed by atoms with E-state index >= 15 is 0 Å². The minimum Gasteiger partial charge on any atom is -0.443 e. The maximum Gasteiger partial charge on any atom is 0.227 e. The highest BCUT2D eigenvalue weighted by Gasteiger charge is 2.29. The van der Waals surface area contributed by atoms with Gasteiger partial charge in [-0.2, -0.15) is 10.2 Å². The van der Waals surface area contributed by atoms with E-state index in [4.69, 9.17) is 14.4 Å². The first-order chi connectivity index (χ1) is 18.2. The van der Waals surface area contributed by atoms with Gasteiger partial charge < -0.3 is 19.5 Å². The average Bonchev–Trinajstić information content (AvgIpc) is 3.59. The van der Waals surface area contributed by atoms with E-state index in [2.05, 4.69) is 38.1 Å². The first-order valence-electron chi connectivity index (χ1n) is 12.3. The molecule has 6 rings (SSSR count). The van der Waals surface area contributed by atoms with Gasteiger partial charge in [0.25, 0.3) is 0 Å². The van der Waals surface area contributed by atoms with Crippen LogP contribution in [0.4, 0.5) is 17.6 Å². The fraction of sp³-hybridized carbons (Fsp3) is 0.296. The molecule has 5 heterocycles. The Balaban J connectivity index is 1.22. The number of fused-ring (bicyclic) bond motifs is 1. The Morgan fingerprint density at radius 1 is 1.05 bits per heavy atom. The molecule has 0 amide bonds. The summed E-state index contributed by atoms with van der Waals surface area (Å²) in [6.07, 6.45) is 3.23. The Bertz CT molecular complexity index is 1440. The van der Waals surface area contributed by atoms with Crippen LogP contribution in [0.3, 0.4) is 0 Å². The summed E-state index contributed by atoms with van der Waals surface area (Å²) in [7, 11) is 0. The molecule has 2 aliphatic heterocycles. The number of nitriles is 1. The number of nitrogens with one attached hydrogen (secondary N) is 1. The second-order valence-corrected chi connectivity index (χ2v) is 10.3. The summed E-state index contributed by atoms with van der Waals surface area (Å²) in [4.78, 5) is 23.3. The van der Waals surface area contributed by atoms with Crippen molar-refractivity contribution >= 4 is 29.3 Å². The summed E-state index contributed by atoms with van der Waals surface area (Å²) in [6, 6.07) is 15.9. The molecular weight excluding hydrogens is 484 g/mol. The van der Waals surface area contributed by atoms with Crippen LogP contribution in [0.2, 0.25) is 0 Å². The van der Waals surface area contributed by atoms with Crippen molar-refractivity contribution in [2.24, 2.45) is 0 Å². The number of thioether (sulfide) groups is 1. The van der Waals surface area contributed by atoms with E-state index < -0.39 is 0 Å². The molecular formula is C27H26N8OS. The molecule has 1 saturated heterocycles. The van der Waals surface area contributed by atoms with Crippen LogP contribution < -0.4 is 15.1 Å². The van der Waals surface area contributed by atoms with Gasteiger partial charge in [0, 0.05) is 54.5 Å². The summed E-state index contributed by atoms with van der Waals surface area (Å²) in [5.74, 6) is 3.99. The van der Waals surface area contributed by atoms with Gasteiger partial charge in [-0.15, -0.1) is 11.8 Å². The normalized spacial score (nSPS) is 16.9. The summed E-state index contributed by atoms with van der Waals surface area (Å²) >= 11 is 1.88. The molecule has 10 heteroatoms. The number of hydrogen-bond donors (Lipinski definition) is 1. The second-order valence-electron chi connectivity index (χ2n) is 9.00. The van der Waals surface area contributed by atoms with Gasteiger partial charge in [0.05, 0.1) is 17.8 Å². The summed E-state index contributed by atoms with van der Waals surface area (Å²) in [5, 5.41) is 13.3. The van der Waals surface area contributed by atoms with E-state index in [1.54, 1.807) is 12.3 Å². The predicted octanol–water partition coefficient (Wildman–Crippen LogP) is 4.64. The molecule has 186 valence electrons. The first kappa shape index (κ1) is 23.3. The zero-order valence-corrected chi connectivity index (χ0v) is 21.3. The highest BCUT2D eigenvalue weighted by molar-refractivity contribution is 7.99. The molecule has 0 bridgehead atoms. The highest BCUT2D eigenvalue weighted by atomic mass is 32.2. The van der Waals surface area contributed by atoms with Crippen LogP contribution in [0.15, 0.2) is 59.5 Å². The lowest BCUT2D eigenvalue weighted by Gasteiger charge is -2.36. The zero-order valence-electron chi connectivity index (χ0n) is 20.5. The van der Waals surface area contributed by atoms with Gasteiger partial charge >= 0.3 is 0 Å². The molecule has 0 radical (unpaired) electrons. The quantitative estimate of drug-likeness (QED) is 0.394. The van der Waals surface area contributed by atoms with Crippen LogP contribution in [0.5, 0.6) is 0 Å². The van der Waals surface area contributed by atoms with E-state index in [1.165, 1.54) is 6.39 Å². The lowest BCUT2D eigenvalue weighted by atomic mass is 10.1. The number of aromatic nitrogens is 4. The molecule has 1 atom stereocenters. The number of rotatable bonds is 6. The third-order valence-corrected chi connectivity index (χ3v) is 7.94. The standard InChI is InChI=1S/C27H26N8OS/c1-18-23-21(16-37-18)25(30-15-22-24(36-17-31-22)19-6-3-2-4-7-19)33-27(32-23)35-12-10-34(11-13-35)26-20(14-28)8-5-9-29-26/h2-9,17-18H,10-13,15-16H2,1H3,(H,30,32,33). The maximum atomic E-state index is 9.46. The largest absolute Gasteiger partial charge is 0.443 e. The molecule has 9 nitrogen and oxygen atoms in total. The van der Waals surface area contributed by atoms with Crippen molar-refractivity contribution in [2.75, 3.05) is 41.3 Å². The van der Waals surface area contributed by atoms with Gasteiger partial charge in [-0.05, 0) is 19.1 Å². The van der Waals surface area contributed by atoms with Gasteiger partial charge in [0.2, 0.25) is 5.95 Å². The van der Waals surface area contributed by atoms with Crippen molar-refractivity contribution in [2.45, 2.75) is 24.5 Å². The number of anilines is 3. The average molecular weight is 511 g/mol. The van der Waals surface area contributed by atoms with Gasteiger partial charge in [-0.25, -0.2) is 15.0 Å². The lowest BCUT2D eigenvalue weighted by Crippen LogP contribution is -2.47. The molecule has 1 unspecified atom stereocenters. The fourth-order valence-electron chi connectivity index (χ4n) is 4.78. The van der Waals surface area contributed by atoms with E-state index in [0.717, 1.165) is 77.8 Å². The van der Waals surface area contributed by atoms with Crippen molar-refractivity contribution < 1.29 is 4.42 Å². The molecule has 3 aromatic heterocycles. The van der Waals surface area contributed by atoms with E-state index in [9.17, 15) is 5.26 Å². The van der Waals surface area contributed by atoms with Crippen molar-refractivity contribution in [3.8, 4) is 17.4 Å². The van der Waals surface area contributed by atoms with Crippen LogP contribution in [0.25, 0.3) is 11.3 Å². The number of benzene rings is 1. The van der Waals surface area contributed by atoms with Crippen LogP contribution >= 0.6 is 11.8 Å². The van der Waals surface area contributed by atoms with E-state index in [-0.39, 0.29) is 0 Å². The predicted molar refractivity (Wildman–Crippen MR) is 144 cm³/mol. The summed E-state index contributed by atoms with van der Waals surface area (Å²) < 4.78 is 5.70. The molecule has 2 aliphatic rings. The van der Waals surface area contributed by atoms with Gasteiger partial charge in [-0.1, -0.05) is 30.3 Å². The second kappa shape index (κ2) is 10.1. The Morgan fingerprint density at radius 3 is 2.68 bits per heavy atom. The van der Waals surface area contributed by atoms with E-state index in [0.29, 0.717) is 17.4 Å². The molecule has 1 N–H and O–H groups in total. The Hall–Kier alpha value is -4.10. The molecule has 0 saturated carbocycles. The van der Waals surface area contributed by atoms with Crippen molar-refractivity contribution in [3.05, 3.63) is 77.6 Å². The SMILES string of the molecule is CC1SCc2c(NCc3ncoc3-c3ccccc3)nc(N3CCN(c4ncccc4C#N)CC3)nc21. The smallest absolute Gasteiger partial charge is 0.227 e. The molecule has 0 aliphatic carbocycles. The van der Waals surface area contributed by atoms with Gasteiger partial charge in [-0.3, -0.25) is 0 Å². The highest BCUT2D eigenvalue weighted by Crippen LogP contribution is 2.43. The minimum absolute atomic E-state index is 0.317.